The first kappa shape index (κ1) is 14.5. The van der Waals surface area contributed by atoms with Crippen LogP contribution in [0.15, 0.2) is 18.2 Å². The zero-order chi connectivity index (χ0) is 15.0. The van der Waals surface area contributed by atoms with Gasteiger partial charge in [0, 0.05) is 23.6 Å². The van der Waals surface area contributed by atoms with Crippen molar-refractivity contribution in [2.24, 2.45) is 0 Å². The summed E-state index contributed by atoms with van der Waals surface area (Å²) in [5.74, 6) is 0.159. The molecule has 5 heteroatoms. The average molecular weight is 279 g/mol. The van der Waals surface area contributed by atoms with Gasteiger partial charge < -0.3 is 10.3 Å². The SMILES string of the molecule is CC(C)c1nc(-c2cc(F)cc(F)c2)c(N)n1C(C)C. The lowest BCUT2D eigenvalue weighted by Crippen LogP contribution is -2.10. The summed E-state index contributed by atoms with van der Waals surface area (Å²) in [6, 6.07) is 3.46. The zero-order valence-corrected chi connectivity index (χ0v) is 12.1. The van der Waals surface area contributed by atoms with Crippen molar-refractivity contribution in [1.82, 2.24) is 9.55 Å². The van der Waals surface area contributed by atoms with E-state index in [1.54, 1.807) is 0 Å². The predicted octanol–water partition coefficient (Wildman–Crippen LogP) is 4.11. The Bertz CT molecular complexity index is 610. The molecule has 0 saturated heterocycles. The van der Waals surface area contributed by atoms with Gasteiger partial charge in [-0.1, -0.05) is 13.8 Å². The molecule has 0 aliphatic rings. The van der Waals surface area contributed by atoms with Gasteiger partial charge in [0.2, 0.25) is 0 Å². The molecule has 0 spiro atoms. The number of nitrogens with two attached hydrogens (primary N) is 1. The first-order valence-electron chi connectivity index (χ1n) is 6.65. The highest BCUT2D eigenvalue weighted by atomic mass is 19.1. The molecular formula is C15H19F2N3. The minimum atomic E-state index is -0.635. The van der Waals surface area contributed by atoms with Crippen LogP contribution < -0.4 is 5.73 Å². The average Bonchev–Trinajstić information content (AvgIpc) is 2.65. The number of anilines is 1. The van der Waals surface area contributed by atoms with Crippen LogP contribution in [0.3, 0.4) is 0 Å². The second kappa shape index (κ2) is 5.23. The Morgan fingerprint density at radius 3 is 2.00 bits per heavy atom. The molecule has 2 rings (SSSR count). The van der Waals surface area contributed by atoms with E-state index >= 15 is 0 Å². The number of nitrogens with zero attached hydrogens (tertiary/aromatic N) is 2. The molecule has 0 fully saturated rings. The highest BCUT2D eigenvalue weighted by Crippen LogP contribution is 2.32. The molecule has 0 atom stereocenters. The Morgan fingerprint density at radius 2 is 1.60 bits per heavy atom. The van der Waals surface area contributed by atoms with Gasteiger partial charge in [-0.2, -0.15) is 0 Å². The summed E-state index contributed by atoms with van der Waals surface area (Å²) in [7, 11) is 0. The van der Waals surface area contributed by atoms with E-state index in [0.717, 1.165) is 11.9 Å². The van der Waals surface area contributed by atoms with E-state index in [1.165, 1.54) is 12.1 Å². The normalized spacial score (nSPS) is 11.6. The van der Waals surface area contributed by atoms with Crippen LogP contribution in [0.2, 0.25) is 0 Å². The van der Waals surface area contributed by atoms with E-state index in [1.807, 2.05) is 32.3 Å². The molecule has 0 radical (unpaired) electrons. The zero-order valence-electron chi connectivity index (χ0n) is 12.1. The van der Waals surface area contributed by atoms with Crippen LogP contribution >= 0.6 is 0 Å². The predicted molar refractivity (Wildman–Crippen MR) is 76.5 cm³/mol. The van der Waals surface area contributed by atoms with Gasteiger partial charge in [-0.05, 0) is 26.0 Å². The molecule has 0 aliphatic heterocycles. The van der Waals surface area contributed by atoms with Crippen LogP contribution in [-0.4, -0.2) is 9.55 Å². The standard InChI is InChI=1S/C15H19F2N3/c1-8(2)15-19-13(14(18)20(15)9(3)4)10-5-11(16)7-12(17)6-10/h5-9H,18H2,1-4H3. The lowest BCUT2D eigenvalue weighted by molar-refractivity contribution is 0.556. The summed E-state index contributed by atoms with van der Waals surface area (Å²) in [6.07, 6.45) is 0. The summed E-state index contributed by atoms with van der Waals surface area (Å²) in [5, 5.41) is 0. The molecule has 3 nitrogen and oxygen atoms in total. The monoisotopic (exact) mass is 279 g/mol. The molecule has 1 aromatic carbocycles. The molecular weight excluding hydrogens is 260 g/mol. The molecule has 20 heavy (non-hydrogen) atoms. The summed E-state index contributed by atoms with van der Waals surface area (Å²) >= 11 is 0. The number of imidazole rings is 1. The summed E-state index contributed by atoms with van der Waals surface area (Å²) in [5.41, 5.74) is 6.92. The van der Waals surface area contributed by atoms with E-state index in [0.29, 0.717) is 17.1 Å². The van der Waals surface area contributed by atoms with Crippen LogP contribution in [-0.2, 0) is 0 Å². The maximum Gasteiger partial charge on any atom is 0.131 e. The van der Waals surface area contributed by atoms with Crippen molar-refractivity contribution in [2.45, 2.75) is 39.7 Å². The first-order chi connectivity index (χ1) is 9.31. The number of aromatic nitrogens is 2. The Balaban J connectivity index is 2.66. The smallest absolute Gasteiger partial charge is 0.131 e. The lowest BCUT2D eigenvalue weighted by Gasteiger charge is -2.15. The quantitative estimate of drug-likeness (QED) is 0.918. The molecule has 1 aromatic heterocycles. The fourth-order valence-corrected chi connectivity index (χ4v) is 2.32. The van der Waals surface area contributed by atoms with Crippen molar-refractivity contribution in [3.8, 4) is 11.3 Å². The molecule has 108 valence electrons. The highest BCUT2D eigenvalue weighted by molar-refractivity contribution is 5.71. The number of nitrogen functional groups attached to an aromatic ring is 1. The molecule has 0 bridgehead atoms. The highest BCUT2D eigenvalue weighted by Gasteiger charge is 2.20. The van der Waals surface area contributed by atoms with Crippen molar-refractivity contribution < 1.29 is 8.78 Å². The third-order valence-electron chi connectivity index (χ3n) is 3.14. The molecule has 1 heterocycles. The summed E-state index contributed by atoms with van der Waals surface area (Å²) in [6.45, 7) is 8.02. The van der Waals surface area contributed by atoms with E-state index in [-0.39, 0.29) is 12.0 Å². The topological polar surface area (TPSA) is 43.8 Å². The Labute approximate surface area is 117 Å². The summed E-state index contributed by atoms with van der Waals surface area (Å²) in [4.78, 5) is 4.49. The van der Waals surface area contributed by atoms with Crippen LogP contribution in [0.4, 0.5) is 14.6 Å². The third kappa shape index (κ3) is 2.53. The van der Waals surface area contributed by atoms with Gasteiger partial charge in [-0.3, -0.25) is 0 Å². The number of hydrogen-bond acceptors (Lipinski definition) is 2. The maximum atomic E-state index is 13.4. The van der Waals surface area contributed by atoms with Gasteiger partial charge in [0.15, 0.2) is 0 Å². The fraction of sp³-hybridized carbons (Fsp3) is 0.400. The van der Waals surface area contributed by atoms with Gasteiger partial charge in [-0.25, -0.2) is 13.8 Å². The van der Waals surface area contributed by atoms with Crippen molar-refractivity contribution in [2.75, 3.05) is 5.73 Å². The van der Waals surface area contributed by atoms with Gasteiger partial charge in [0.05, 0.1) is 0 Å². The molecule has 0 unspecified atom stereocenters. The third-order valence-corrected chi connectivity index (χ3v) is 3.14. The van der Waals surface area contributed by atoms with Gasteiger partial charge in [-0.15, -0.1) is 0 Å². The molecule has 0 amide bonds. The van der Waals surface area contributed by atoms with Gasteiger partial charge >= 0.3 is 0 Å². The minimum absolute atomic E-state index is 0.132. The van der Waals surface area contributed by atoms with Crippen LogP contribution in [0.5, 0.6) is 0 Å². The van der Waals surface area contributed by atoms with Crippen molar-refractivity contribution >= 4 is 5.82 Å². The molecule has 2 aromatic rings. The largest absolute Gasteiger partial charge is 0.383 e. The van der Waals surface area contributed by atoms with E-state index in [9.17, 15) is 8.78 Å². The molecule has 0 saturated carbocycles. The van der Waals surface area contributed by atoms with Crippen molar-refractivity contribution in [3.63, 3.8) is 0 Å². The van der Waals surface area contributed by atoms with E-state index in [4.69, 9.17) is 5.73 Å². The minimum Gasteiger partial charge on any atom is -0.383 e. The summed E-state index contributed by atoms with van der Waals surface area (Å²) < 4.78 is 28.6. The lowest BCUT2D eigenvalue weighted by atomic mass is 10.1. The van der Waals surface area contributed by atoms with Crippen molar-refractivity contribution in [1.29, 1.82) is 0 Å². The first-order valence-corrected chi connectivity index (χ1v) is 6.65. The molecule has 2 N–H and O–H groups in total. The number of benzene rings is 1. The second-order valence-corrected chi connectivity index (χ2v) is 5.48. The Kier molecular flexibility index (Phi) is 3.79. The van der Waals surface area contributed by atoms with Gasteiger partial charge in [0.1, 0.15) is 29.0 Å². The van der Waals surface area contributed by atoms with Gasteiger partial charge in [0.25, 0.3) is 0 Å². The van der Waals surface area contributed by atoms with E-state index < -0.39 is 11.6 Å². The number of hydrogen-bond donors (Lipinski definition) is 1. The number of halogens is 2. The second-order valence-electron chi connectivity index (χ2n) is 5.48. The van der Waals surface area contributed by atoms with Crippen LogP contribution in [0, 0.1) is 11.6 Å². The van der Waals surface area contributed by atoms with E-state index in [2.05, 4.69) is 4.98 Å². The Morgan fingerprint density at radius 1 is 1.05 bits per heavy atom. The fourth-order valence-electron chi connectivity index (χ4n) is 2.32. The van der Waals surface area contributed by atoms with Crippen LogP contribution in [0.1, 0.15) is 45.5 Å². The maximum absolute atomic E-state index is 13.4. The van der Waals surface area contributed by atoms with Crippen LogP contribution in [0.25, 0.3) is 11.3 Å². The van der Waals surface area contributed by atoms with Crippen molar-refractivity contribution in [3.05, 3.63) is 35.7 Å². The Hall–Kier alpha value is -1.91. The molecule has 0 aliphatic carbocycles. The number of rotatable bonds is 3.